The molecule has 1 saturated heterocycles. The molecule has 0 aliphatic carbocycles. The number of halogens is 1. The molecule has 7 heteroatoms. The molecule has 5 nitrogen and oxygen atoms in total. The summed E-state index contributed by atoms with van der Waals surface area (Å²) in [4.78, 5) is 15.0. The van der Waals surface area contributed by atoms with Crippen LogP contribution in [-0.2, 0) is 0 Å². The second-order valence-corrected chi connectivity index (χ2v) is 6.85. The zero-order valence-corrected chi connectivity index (χ0v) is 14.0. The molecule has 2 aromatic rings. The molecule has 0 unspecified atom stereocenters. The van der Waals surface area contributed by atoms with Gasteiger partial charge in [0.1, 0.15) is 5.82 Å². The Labute approximate surface area is 144 Å². The van der Waals surface area contributed by atoms with E-state index in [1.54, 1.807) is 36.2 Å². The highest BCUT2D eigenvalue weighted by molar-refractivity contribution is 7.99. The summed E-state index contributed by atoms with van der Waals surface area (Å²) in [5.41, 5.74) is 0.652. The first kappa shape index (κ1) is 16.7. The SMILES string of the molecule is O=C(Nc1ccnnc1)N1CCC(CSc2cccc(F)c2)CC1. The van der Waals surface area contributed by atoms with Crippen LogP contribution in [0.5, 0.6) is 0 Å². The van der Waals surface area contributed by atoms with E-state index in [-0.39, 0.29) is 11.8 Å². The van der Waals surface area contributed by atoms with Crippen molar-refractivity contribution in [2.75, 3.05) is 24.2 Å². The molecule has 126 valence electrons. The Hall–Kier alpha value is -2.15. The fraction of sp³-hybridized carbons (Fsp3) is 0.353. The van der Waals surface area contributed by atoms with E-state index in [1.807, 2.05) is 11.0 Å². The Morgan fingerprint density at radius 2 is 2.12 bits per heavy atom. The van der Waals surface area contributed by atoms with E-state index < -0.39 is 0 Å². The molecule has 2 heterocycles. The summed E-state index contributed by atoms with van der Waals surface area (Å²) in [6, 6.07) is 8.31. The number of likely N-dealkylation sites (tertiary alicyclic amines) is 1. The van der Waals surface area contributed by atoms with Gasteiger partial charge in [-0.05, 0) is 43.0 Å². The first-order valence-corrected chi connectivity index (χ1v) is 8.90. The van der Waals surface area contributed by atoms with Crippen molar-refractivity contribution in [2.45, 2.75) is 17.7 Å². The average molecular weight is 346 g/mol. The summed E-state index contributed by atoms with van der Waals surface area (Å²) >= 11 is 1.68. The number of nitrogens with one attached hydrogen (secondary N) is 1. The molecule has 0 atom stereocenters. The summed E-state index contributed by atoms with van der Waals surface area (Å²) in [6.07, 6.45) is 5.00. The van der Waals surface area contributed by atoms with Crippen LogP contribution in [0.4, 0.5) is 14.9 Å². The van der Waals surface area contributed by atoms with Gasteiger partial charge >= 0.3 is 6.03 Å². The molecule has 24 heavy (non-hydrogen) atoms. The van der Waals surface area contributed by atoms with E-state index >= 15 is 0 Å². The van der Waals surface area contributed by atoms with Crippen molar-refractivity contribution in [1.29, 1.82) is 0 Å². The predicted molar refractivity (Wildman–Crippen MR) is 92.5 cm³/mol. The Kier molecular flexibility index (Phi) is 5.63. The van der Waals surface area contributed by atoms with Gasteiger partial charge in [-0.1, -0.05) is 6.07 Å². The van der Waals surface area contributed by atoms with E-state index in [2.05, 4.69) is 15.5 Å². The van der Waals surface area contributed by atoms with Crippen LogP contribution in [0.3, 0.4) is 0 Å². The van der Waals surface area contributed by atoms with E-state index in [0.717, 1.165) is 36.6 Å². The third kappa shape index (κ3) is 4.67. The van der Waals surface area contributed by atoms with Crippen LogP contribution in [-0.4, -0.2) is 40.0 Å². The molecule has 1 aliphatic rings. The lowest BCUT2D eigenvalue weighted by atomic mass is 9.99. The van der Waals surface area contributed by atoms with Gasteiger partial charge in [-0.25, -0.2) is 9.18 Å². The Bertz CT molecular complexity index is 677. The van der Waals surface area contributed by atoms with Crippen LogP contribution in [0.25, 0.3) is 0 Å². The molecular formula is C17H19FN4OS. The van der Waals surface area contributed by atoms with Crippen molar-refractivity contribution in [1.82, 2.24) is 15.1 Å². The quantitative estimate of drug-likeness (QED) is 0.859. The molecule has 0 spiro atoms. The molecular weight excluding hydrogens is 327 g/mol. The number of carbonyl (C=O) groups excluding carboxylic acids is 1. The first-order valence-electron chi connectivity index (χ1n) is 7.92. The van der Waals surface area contributed by atoms with E-state index in [4.69, 9.17) is 0 Å². The van der Waals surface area contributed by atoms with Crippen LogP contribution in [0.1, 0.15) is 12.8 Å². The van der Waals surface area contributed by atoms with Crippen molar-refractivity contribution >= 4 is 23.5 Å². The smallest absolute Gasteiger partial charge is 0.321 e. The number of anilines is 1. The molecule has 1 fully saturated rings. The maximum atomic E-state index is 13.2. The van der Waals surface area contributed by atoms with Crippen molar-refractivity contribution in [3.63, 3.8) is 0 Å². The standard InChI is InChI=1S/C17H19FN4OS/c18-14-2-1-3-16(10-14)24-12-13-5-8-22(9-6-13)17(23)21-15-4-7-19-20-11-15/h1-4,7,10-11,13H,5-6,8-9,12H2,(H,19,21,23). The summed E-state index contributed by atoms with van der Waals surface area (Å²) in [6.45, 7) is 1.47. The minimum atomic E-state index is -0.197. The number of amides is 2. The second kappa shape index (κ2) is 8.10. The highest BCUT2D eigenvalue weighted by atomic mass is 32.2. The number of benzene rings is 1. The number of urea groups is 1. The Morgan fingerprint density at radius 1 is 1.29 bits per heavy atom. The summed E-state index contributed by atoms with van der Waals surface area (Å²) in [5, 5.41) is 10.3. The van der Waals surface area contributed by atoms with Crippen LogP contribution in [0.2, 0.25) is 0 Å². The van der Waals surface area contributed by atoms with Crippen LogP contribution in [0, 0.1) is 11.7 Å². The molecule has 3 rings (SSSR count). The van der Waals surface area contributed by atoms with Crippen molar-refractivity contribution in [3.8, 4) is 0 Å². The maximum Gasteiger partial charge on any atom is 0.321 e. The fourth-order valence-electron chi connectivity index (χ4n) is 2.64. The zero-order chi connectivity index (χ0) is 16.8. The van der Waals surface area contributed by atoms with Crippen LogP contribution in [0.15, 0.2) is 47.6 Å². The fourth-order valence-corrected chi connectivity index (χ4v) is 3.77. The molecule has 2 amide bonds. The van der Waals surface area contributed by atoms with E-state index in [1.165, 1.54) is 12.3 Å². The number of hydrogen-bond donors (Lipinski definition) is 1. The van der Waals surface area contributed by atoms with Gasteiger partial charge in [0.05, 0.1) is 18.1 Å². The Balaban J connectivity index is 1.43. The lowest BCUT2D eigenvalue weighted by Gasteiger charge is -2.31. The van der Waals surface area contributed by atoms with Crippen molar-refractivity contribution in [2.24, 2.45) is 5.92 Å². The number of nitrogens with zero attached hydrogens (tertiary/aromatic N) is 3. The largest absolute Gasteiger partial charge is 0.325 e. The lowest BCUT2D eigenvalue weighted by Crippen LogP contribution is -2.41. The van der Waals surface area contributed by atoms with Gasteiger partial charge in [0, 0.05) is 23.7 Å². The number of thioether (sulfide) groups is 1. The molecule has 1 aliphatic heterocycles. The normalized spacial score (nSPS) is 15.3. The predicted octanol–water partition coefficient (Wildman–Crippen LogP) is 3.65. The Morgan fingerprint density at radius 3 is 2.83 bits per heavy atom. The first-order chi connectivity index (χ1) is 11.7. The molecule has 0 saturated carbocycles. The van der Waals surface area contributed by atoms with Gasteiger partial charge in [0.15, 0.2) is 0 Å². The van der Waals surface area contributed by atoms with Gasteiger partial charge in [-0.3, -0.25) is 0 Å². The number of piperidine rings is 1. The minimum Gasteiger partial charge on any atom is -0.325 e. The monoisotopic (exact) mass is 346 g/mol. The molecule has 1 aromatic carbocycles. The minimum absolute atomic E-state index is 0.0979. The van der Waals surface area contributed by atoms with Crippen molar-refractivity contribution < 1.29 is 9.18 Å². The van der Waals surface area contributed by atoms with Gasteiger partial charge < -0.3 is 10.2 Å². The van der Waals surface area contributed by atoms with Gasteiger partial charge in [0.25, 0.3) is 0 Å². The summed E-state index contributed by atoms with van der Waals surface area (Å²) in [7, 11) is 0. The summed E-state index contributed by atoms with van der Waals surface area (Å²) in [5.74, 6) is 1.30. The second-order valence-electron chi connectivity index (χ2n) is 5.76. The number of hydrogen-bond acceptors (Lipinski definition) is 4. The topological polar surface area (TPSA) is 58.1 Å². The summed E-state index contributed by atoms with van der Waals surface area (Å²) < 4.78 is 13.2. The van der Waals surface area contributed by atoms with Crippen molar-refractivity contribution in [3.05, 3.63) is 48.5 Å². The molecule has 1 N–H and O–H groups in total. The van der Waals surface area contributed by atoms with Gasteiger partial charge in [-0.2, -0.15) is 10.2 Å². The van der Waals surface area contributed by atoms with E-state index in [0.29, 0.717) is 11.6 Å². The van der Waals surface area contributed by atoms with Gasteiger partial charge in [-0.15, -0.1) is 11.8 Å². The highest BCUT2D eigenvalue weighted by Gasteiger charge is 2.23. The van der Waals surface area contributed by atoms with E-state index in [9.17, 15) is 9.18 Å². The molecule has 0 radical (unpaired) electrons. The number of aromatic nitrogens is 2. The maximum absolute atomic E-state index is 13.2. The van der Waals surface area contributed by atoms with Crippen LogP contribution >= 0.6 is 11.8 Å². The average Bonchev–Trinajstić information content (AvgIpc) is 2.61. The number of rotatable bonds is 4. The third-order valence-corrected chi connectivity index (χ3v) is 5.24. The third-order valence-electron chi connectivity index (χ3n) is 4.02. The lowest BCUT2D eigenvalue weighted by molar-refractivity contribution is 0.187. The highest BCUT2D eigenvalue weighted by Crippen LogP contribution is 2.27. The molecule has 1 aromatic heterocycles. The molecule has 0 bridgehead atoms. The number of carbonyl (C=O) groups is 1. The van der Waals surface area contributed by atoms with Gasteiger partial charge in [0.2, 0.25) is 0 Å². The van der Waals surface area contributed by atoms with Crippen LogP contribution < -0.4 is 5.32 Å². The zero-order valence-electron chi connectivity index (χ0n) is 13.2.